The number of hydrogen-bond acceptors (Lipinski definition) is 5. The first kappa shape index (κ1) is 13.6. The van der Waals surface area contributed by atoms with E-state index in [0.29, 0.717) is 38.5 Å². The lowest BCUT2D eigenvalue weighted by Gasteiger charge is -2.28. The van der Waals surface area contributed by atoms with E-state index in [1.54, 1.807) is 0 Å². The molecular formula is C11H17N3O5. The molecule has 8 heteroatoms. The van der Waals surface area contributed by atoms with Gasteiger partial charge in [-0.3, -0.25) is 9.59 Å². The molecule has 0 radical (unpaired) electrons. The van der Waals surface area contributed by atoms with Crippen LogP contribution in [-0.2, 0) is 14.4 Å². The number of amides is 2. The number of hydrogen-bond donors (Lipinski definition) is 2. The summed E-state index contributed by atoms with van der Waals surface area (Å²) in [5, 5.41) is 14.9. The molecule has 8 nitrogen and oxygen atoms in total. The van der Waals surface area contributed by atoms with E-state index in [4.69, 9.17) is 0 Å². The van der Waals surface area contributed by atoms with Crippen molar-refractivity contribution < 1.29 is 19.5 Å². The molecule has 2 rings (SSSR count). The average molecular weight is 271 g/mol. The second-order valence-electron chi connectivity index (χ2n) is 4.97. The van der Waals surface area contributed by atoms with Gasteiger partial charge in [0.25, 0.3) is 5.09 Å². The minimum Gasteiger partial charge on any atom is -0.352 e. The van der Waals surface area contributed by atoms with E-state index < -0.39 is 11.1 Å². The molecule has 1 atom stereocenters. The fraction of sp³-hybridized carbons (Fsp3) is 0.818. The van der Waals surface area contributed by atoms with Crippen LogP contribution in [0.15, 0.2) is 0 Å². The summed E-state index contributed by atoms with van der Waals surface area (Å²) in [7, 11) is 0. The molecule has 2 N–H and O–H groups in total. The first-order valence-corrected chi connectivity index (χ1v) is 6.45. The summed E-state index contributed by atoms with van der Waals surface area (Å²) in [5.41, 5.74) is 0. The first-order valence-electron chi connectivity index (χ1n) is 6.45. The van der Waals surface area contributed by atoms with Gasteiger partial charge >= 0.3 is 0 Å². The van der Waals surface area contributed by atoms with Crippen molar-refractivity contribution in [2.75, 3.05) is 0 Å². The molecule has 1 unspecified atom stereocenters. The van der Waals surface area contributed by atoms with Crippen molar-refractivity contribution in [3.63, 3.8) is 0 Å². The number of rotatable bonds is 4. The van der Waals surface area contributed by atoms with Gasteiger partial charge in [-0.15, -0.1) is 10.1 Å². The summed E-state index contributed by atoms with van der Waals surface area (Å²) in [6.45, 7) is 0. The lowest BCUT2D eigenvalue weighted by atomic mass is 9.93. The Hall–Kier alpha value is -1.86. The largest absolute Gasteiger partial charge is 0.352 e. The van der Waals surface area contributed by atoms with Gasteiger partial charge < -0.3 is 15.5 Å². The van der Waals surface area contributed by atoms with E-state index >= 15 is 0 Å². The molecule has 19 heavy (non-hydrogen) atoms. The molecule has 0 spiro atoms. The summed E-state index contributed by atoms with van der Waals surface area (Å²) < 4.78 is 0. The highest BCUT2D eigenvalue weighted by molar-refractivity contribution is 5.90. The van der Waals surface area contributed by atoms with Gasteiger partial charge in [-0.05, 0) is 32.1 Å². The minimum atomic E-state index is -0.766. The van der Waals surface area contributed by atoms with Gasteiger partial charge in [-0.1, -0.05) is 0 Å². The maximum atomic E-state index is 11.9. The molecule has 0 aromatic rings. The van der Waals surface area contributed by atoms with E-state index in [9.17, 15) is 19.7 Å². The molecule has 1 saturated carbocycles. The van der Waals surface area contributed by atoms with Crippen LogP contribution >= 0.6 is 0 Å². The third kappa shape index (κ3) is 3.80. The van der Waals surface area contributed by atoms with Gasteiger partial charge in [0.1, 0.15) is 12.1 Å². The van der Waals surface area contributed by atoms with Crippen molar-refractivity contribution in [1.29, 1.82) is 0 Å². The molecule has 2 amide bonds. The lowest BCUT2D eigenvalue weighted by Crippen LogP contribution is -2.47. The number of nitrogens with one attached hydrogen (secondary N) is 2. The zero-order valence-corrected chi connectivity index (χ0v) is 10.5. The van der Waals surface area contributed by atoms with E-state index in [-0.39, 0.29) is 24.0 Å². The molecule has 106 valence electrons. The molecule has 2 aliphatic rings. The summed E-state index contributed by atoms with van der Waals surface area (Å²) in [5.74, 6) is -0.257. The molecule has 1 heterocycles. The third-order valence-electron chi connectivity index (χ3n) is 3.57. The van der Waals surface area contributed by atoms with Crippen LogP contribution in [0, 0.1) is 10.1 Å². The van der Waals surface area contributed by atoms with Gasteiger partial charge in [-0.2, -0.15) is 0 Å². The first-order chi connectivity index (χ1) is 9.04. The molecule has 0 bridgehead atoms. The summed E-state index contributed by atoms with van der Waals surface area (Å²) >= 11 is 0. The highest BCUT2D eigenvalue weighted by atomic mass is 17.0. The van der Waals surface area contributed by atoms with Crippen molar-refractivity contribution in [2.24, 2.45) is 0 Å². The predicted molar refractivity (Wildman–Crippen MR) is 63.4 cm³/mol. The topological polar surface area (TPSA) is 111 Å². The fourth-order valence-corrected chi connectivity index (χ4v) is 2.55. The Kier molecular flexibility index (Phi) is 4.18. The molecule has 1 saturated heterocycles. The molecule has 0 aromatic carbocycles. The van der Waals surface area contributed by atoms with Crippen LogP contribution in [0.2, 0.25) is 0 Å². The second-order valence-corrected chi connectivity index (χ2v) is 4.97. The van der Waals surface area contributed by atoms with Crippen LogP contribution < -0.4 is 10.6 Å². The van der Waals surface area contributed by atoms with Crippen molar-refractivity contribution in [1.82, 2.24) is 10.6 Å². The Labute approximate surface area is 110 Å². The third-order valence-corrected chi connectivity index (χ3v) is 3.57. The van der Waals surface area contributed by atoms with Crippen molar-refractivity contribution in [3.8, 4) is 0 Å². The summed E-state index contributed by atoms with van der Waals surface area (Å²) in [6.07, 6.45) is 2.99. The van der Waals surface area contributed by atoms with Crippen LogP contribution in [0.5, 0.6) is 0 Å². The number of carbonyl (C=O) groups excluding carboxylic acids is 2. The highest BCUT2D eigenvalue weighted by Crippen LogP contribution is 2.21. The van der Waals surface area contributed by atoms with Gasteiger partial charge in [0.2, 0.25) is 11.8 Å². The Bertz CT molecular complexity index is 379. The highest BCUT2D eigenvalue weighted by Gasteiger charge is 2.30. The standard InChI is InChI=1S/C11H17N3O5/c15-10-6-5-9(13-10)11(16)12-7-1-3-8(4-2-7)19-14(17)18/h7-9H,1-6H2,(H,12,16)(H,13,15). The normalized spacial score (nSPS) is 30.5. The molecular weight excluding hydrogens is 254 g/mol. The van der Waals surface area contributed by atoms with Crippen LogP contribution in [0.4, 0.5) is 0 Å². The van der Waals surface area contributed by atoms with Crippen LogP contribution in [-0.4, -0.2) is 35.1 Å². The zero-order chi connectivity index (χ0) is 13.8. The van der Waals surface area contributed by atoms with Crippen molar-refractivity contribution in [3.05, 3.63) is 10.1 Å². The SMILES string of the molecule is O=C1CCC(C(=O)NC2CCC(O[N+](=O)[O-])CC2)N1. The van der Waals surface area contributed by atoms with Crippen molar-refractivity contribution >= 4 is 11.8 Å². The van der Waals surface area contributed by atoms with Gasteiger partial charge in [0.05, 0.1) is 0 Å². The Morgan fingerprint density at radius 2 is 2.00 bits per heavy atom. The Morgan fingerprint density at radius 3 is 2.53 bits per heavy atom. The maximum absolute atomic E-state index is 11.9. The zero-order valence-electron chi connectivity index (χ0n) is 10.5. The van der Waals surface area contributed by atoms with Gasteiger partial charge in [0, 0.05) is 12.5 Å². The summed E-state index contributed by atoms with van der Waals surface area (Å²) in [6, 6.07) is -0.420. The van der Waals surface area contributed by atoms with Gasteiger partial charge in [-0.25, -0.2) is 0 Å². The van der Waals surface area contributed by atoms with E-state index in [2.05, 4.69) is 15.5 Å². The summed E-state index contributed by atoms with van der Waals surface area (Å²) in [4.78, 5) is 37.6. The van der Waals surface area contributed by atoms with Crippen LogP contribution in [0.25, 0.3) is 0 Å². The number of nitrogens with zero attached hydrogens (tertiary/aromatic N) is 1. The molecule has 1 aliphatic heterocycles. The minimum absolute atomic E-state index is 0.0107. The average Bonchev–Trinajstić information content (AvgIpc) is 2.78. The van der Waals surface area contributed by atoms with Crippen LogP contribution in [0.3, 0.4) is 0 Å². The molecule has 0 aromatic heterocycles. The predicted octanol–water partition coefficient (Wildman–Crippen LogP) is -0.0993. The second kappa shape index (κ2) is 5.85. The molecule has 2 fully saturated rings. The smallest absolute Gasteiger partial charge is 0.294 e. The number of carbonyl (C=O) groups is 2. The molecule has 1 aliphatic carbocycles. The monoisotopic (exact) mass is 271 g/mol. The lowest BCUT2D eigenvalue weighted by molar-refractivity contribution is -0.769. The van der Waals surface area contributed by atoms with E-state index in [1.807, 2.05) is 0 Å². The van der Waals surface area contributed by atoms with Crippen molar-refractivity contribution in [2.45, 2.75) is 56.7 Å². The quantitative estimate of drug-likeness (QED) is 0.548. The van der Waals surface area contributed by atoms with Crippen LogP contribution in [0.1, 0.15) is 38.5 Å². The fourth-order valence-electron chi connectivity index (χ4n) is 2.55. The van der Waals surface area contributed by atoms with E-state index in [1.165, 1.54) is 0 Å². The van der Waals surface area contributed by atoms with E-state index in [0.717, 1.165) is 0 Å². The maximum Gasteiger partial charge on any atom is 0.294 e. The Morgan fingerprint density at radius 1 is 1.32 bits per heavy atom. The van der Waals surface area contributed by atoms with Gasteiger partial charge in [0.15, 0.2) is 0 Å². The Balaban J connectivity index is 1.72.